The van der Waals surface area contributed by atoms with Crippen LogP contribution in [0.25, 0.3) is 10.9 Å². The van der Waals surface area contributed by atoms with E-state index in [1.165, 1.54) is 10.2 Å². The Kier molecular flexibility index (Phi) is 4.53. The van der Waals surface area contributed by atoms with Crippen molar-refractivity contribution in [1.29, 1.82) is 0 Å². The molecule has 3 rings (SSSR count). The minimum atomic E-state index is -3.78. The van der Waals surface area contributed by atoms with Crippen LogP contribution >= 0.6 is 22.6 Å². The standard InChI is InChI=1S/C19H18INO3S/c1-19(2,3)14-7-9-15(10-8-14)25(23,24)21-11-13(12-22)18-16(20)5-4-6-17(18)21/h4-12H,1-3H3. The number of aldehydes is 1. The second-order valence-electron chi connectivity index (χ2n) is 6.91. The van der Waals surface area contributed by atoms with E-state index in [1.54, 1.807) is 24.3 Å². The highest BCUT2D eigenvalue weighted by atomic mass is 127. The van der Waals surface area contributed by atoms with Crippen molar-refractivity contribution in [2.45, 2.75) is 31.1 Å². The first-order valence-electron chi connectivity index (χ1n) is 7.77. The topological polar surface area (TPSA) is 56.1 Å². The minimum absolute atomic E-state index is 0.0523. The Morgan fingerprint density at radius 1 is 1.04 bits per heavy atom. The van der Waals surface area contributed by atoms with Crippen molar-refractivity contribution < 1.29 is 13.2 Å². The van der Waals surface area contributed by atoms with Gasteiger partial charge in [-0.2, -0.15) is 0 Å². The van der Waals surface area contributed by atoms with Gasteiger partial charge in [0, 0.05) is 20.7 Å². The van der Waals surface area contributed by atoms with Crippen LogP contribution in [0.2, 0.25) is 0 Å². The van der Waals surface area contributed by atoms with Gasteiger partial charge in [0.15, 0.2) is 6.29 Å². The number of carbonyl (C=O) groups is 1. The fraction of sp³-hybridized carbons (Fsp3) is 0.211. The van der Waals surface area contributed by atoms with Crippen LogP contribution in [-0.2, 0) is 15.4 Å². The first kappa shape index (κ1) is 18.1. The molecule has 0 radical (unpaired) electrons. The Hall–Kier alpha value is -1.67. The van der Waals surface area contributed by atoms with Gasteiger partial charge in [-0.15, -0.1) is 0 Å². The summed E-state index contributed by atoms with van der Waals surface area (Å²) in [6, 6.07) is 12.3. The van der Waals surface area contributed by atoms with Crippen molar-refractivity contribution in [1.82, 2.24) is 3.97 Å². The van der Waals surface area contributed by atoms with Gasteiger partial charge in [-0.3, -0.25) is 4.79 Å². The number of carbonyl (C=O) groups excluding carboxylic acids is 1. The van der Waals surface area contributed by atoms with Crippen LogP contribution in [0.1, 0.15) is 36.7 Å². The van der Waals surface area contributed by atoms with Gasteiger partial charge < -0.3 is 0 Å². The summed E-state index contributed by atoms with van der Waals surface area (Å²) >= 11 is 2.11. The lowest BCUT2D eigenvalue weighted by Gasteiger charge is -2.19. The normalized spacial score (nSPS) is 12.5. The zero-order valence-electron chi connectivity index (χ0n) is 14.2. The van der Waals surface area contributed by atoms with Crippen LogP contribution in [0.4, 0.5) is 0 Å². The van der Waals surface area contributed by atoms with Crippen LogP contribution in [-0.4, -0.2) is 18.7 Å². The lowest BCUT2D eigenvalue weighted by molar-refractivity contribution is 0.112. The summed E-state index contributed by atoms with van der Waals surface area (Å²) in [5, 5.41) is 0.660. The second kappa shape index (κ2) is 6.25. The van der Waals surface area contributed by atoms with Gasteiger partial charge in [-0.05, 0) is 57.8 Å². The Balaban J connectivity index is 2.20. The smallest absolute Gasteiger partial charge is 0.268 e. The van der Waals surface area contributed by atoms with Gasteiger partial charge in [0.2, 0.25) is 0 Å². The average molecular weight is 467 g/mol. The van der Waals surface area contributed by atoms with Crippen molar-refractivity contribution in [3.8, 4) is 0 Å². The molecule has 0 aliphatic heterocycles. The maximum absolute atomic E-state index is 13.1. The highest BCUT2D eigenvalue weighted by molar-refractivity contribution is 14.1. The molecule has 0 bridgehead atoms. The number of benzene rings is 2. The third-order valence-electron chi connectivity index (χ3n) is 4.18. The summed E-state index contributed by atoms with van der Waals surface area (Å²) in [4.78, 5) is 11.6. The predicted molar refractivity (Wildman–Crippen MR) is 108 cm³/mol. The van der Waals surface area contributed by atoms with E-state index in [0.717, 1.165) is 9.13 Å². The minimum Gasteiger partial charge on any atom is -0.298 e. The first-order valence-corrected chi connectivity index (χ1v) is 10.3. The molecule has 130 valence electrons. The van der Waals surface area contributed by atoms with E-state index in [1.807, 2.05) is 18.2 Å². The molecule has 0 N–H and O–H groups in total. The molecule has 4 nitrogen and oxygen atoms in total. The molecule has 25 heavy (non-hydrogen) atoms. The highest BCUT2D eigenvalue weighted by Crippen LogP contribution is 2.30. The summed E-state index contributed by atoms with van der Waals surface area (Å²) < 4.78 is 28.2. The van der Waals surface area contributed by atoms with E-state index in [0.29, 0.717) is 22.8 Å². The molecule has 0 unspecified atom stereocenters. The largest absolute Gasteiger partial charge is 0.298 e. The maximum Gasteiger partial charge on any atom is 0.268 e. The summed E-state index contributed by atoms with van der Waals surface area (Å²) in [6.45, 7) is 6.23. The van der Waals surface area contributed by atoms with Gasteiger partial charge in [-0.1, -0.05) is 39.0 Å². The quantitative estimate of drug-likeness (QED) is 0.418. The molecule has 1 heterocycles. The number of hydrogen-bond donors (Lipinski definition) is 0. The van der Waals surface area contributed by atoms with Crippen molar-refractivity contribution in [2.24, 2.45) is 0 Å². The zero-order valence-corrected chi connectivity index (χ0v) is 17.1. The van der Waals surface area contributed by atoms with Crippen molar-refractivity contribution in [2.75, 3.05) is 0 Å². The van der Waals surface area contributed by atoms with E-state index in [2.05, 4.69) is 43.4 Å². The van der Waals surface area contributed by atoms with Crippen LogP contribution in [0.3, 0.4) is 0 Å². The maximum atomic E-state index is 13.1. The molecule has 2 aromatic carbocycles. The summed E-state index contributed by atoms with van der Waals surface area (Å²) in [6.07, 6.45) is 2.09. The van der Waals surface area contributed by atoms with Crippen LogP contribution in [0.5, 0.6) is 0 Å². The van der Waals surface area contributed by atoms with E-state index < -0.39 is 10.0 Å². The number of halogens is 1. The average Bonchev–Trinajstić information content (AvgIpc) is 2.95. The Morgan fingerprint density at radius 3 is 2.24 bits per heavy atom. The van der Waals surface area contributed by atoms with E-state index in [4.69, 9.17) is 0 Å². The third-order valence-corrected chi connectivity index (χ3v) is 6.77. The van der Waals surface area contributed by atoms with Gasteiger partial charge in [0.25, 0.3) is 10.0 Å². The zero-order chi connectivity index (χ0) is 18.4. The number of fused-ring (bicyclic) bond motifs is 1. The van der Waals surface area contributed by atoms with Crippen molar-refractivity contribution >= 4 is 49.8 Å². The molecule has 3 aromatic rings. The lowest BCUT2D eigenvalue weighted by Crippen LogP contribution is -2.14. The molecule has 0 aliphatic carbocycles. The first-order chi connectivity index (χ1) is 11.7. The Morgan fingerprint density at radius 2 is 1.68 bits per heavy atom. The number of hydrogen-bond acceptors (Lipinski definition) is 3. The van der Waals surface area contributed by atoms with E-state index in [9.17, 15) is 13.2 Å². The van der Waals surface area contributed by atoms with E-state index >= 15 is 0 Å². The molecule has 0 amide bonds. The molecule has 0 aliphatic rings. The summed E-state index contributed by atoms with van der Waals surface area (Å²) in [7, 11) is -3.78. The molecule has 0 saturated heterocycles. The van der Waals surface area contributed by atoms with Gasteiger partial charge in [0.05, 0.1) is 10.4 Å². The fourth-order valence-corrected chi connectivity index (χ4v) is 4.94. The second-order valence-corrected chi connectivity index (χ2v) is 9.89. The van der Waals surface area contributed by atoms with Crippen molar-refractivity contribution in [3.63, 3.8) is 0 Å². The van der Waals surface area contributed by atoms with E-state index in [-0.39, 0.29) is 10.3 Å². The molecular formula is C19H18INO3S. The molecule has 0 spiro atoms. The molecule has 0 saturated carbocycles. The number of aromatic nitrogens is 1. The molecule has 1 aromatic heterocycles. The van der Waals surface area contributed by atoms with Gasteiger partial charge >= 0.3 is 0 Å². The molecule has 0 fully saturated rings. The molecule has 6 heteroatoms. The summed E-state index contributed by atoms with van der Waals surface area (Å²) in [5.74, 6) is 0. The van der Waals surface area contributed by atoms with Crippen LogP contribution < -0.4 is 0 Å². The van der Waals surface area contributed by atoms with Crippen LogP contribution in [0.15, 0.2) is 53.6 Å². The summed E-state index contributed by atoms with van der Waals surface area (Å²) in [5.41, 5.74) is 1.89. The SMILES string of the molecule is CC(C)(C)c1ccc(S(=O)(=O)n2cc(C=O)c3c(I)cccc32)cc1. The molecule has 0 atom stereocenters. The lowest BCUT2D eigenvalue weighted by atomic mass is 9.87. The monoisotopic (exact) mass is 467 g/mol. The van der Waals surface area contributed by atoms with Gasteiger partial charge in [-0.25, -0.2) is 12.4 Å². The number of rotatable bonds is 3. The van der Waals surface area contributed by atoms with Crippen molar-refractivity contribution in [3.05, 3.63) is 63.4 Å². The predicted octanol–water partition coefficient (Wildman–Crippen LogP) is 4.59. The highest BCUT2D eigenvalue weighted by Gasteiger charge is 2.23. The van der Waals surface area contributed by atoms with Gasteiger partial charge in [0.1, 0.15) is 0 Å². The Labute approximate surface area is 161 Å². The Bertz CT molecular complexity index is 1060. The third kappa shape index (κ3) is 3.13. The molecular weight excluding hydrogens is 449 g/mol. The van der Waals surface area contributed by atoms with Crippen LogP contribution in [0, 0.1) is 3.57 Å². The fourth-order valence-electron chi connectivity index (χ4n) is 2.77. The number of nitrogens with zero attached hydrogens (tertiary/aromatic N) is 1.